The SMILES string of the molecule is CCCOc1ccc([C@@H]2Oc3ccccc3[C@@H]3CC(c4cccs4)=NN32)cc1. The van der Waals surface area contributed by atoms with Crippen LogP contribution in [0.1, 0.15) is 48.0 Å². The molecule has 5 heteroatoms. The summed E-state index contributed by atoms with van der Waals surface area (Å²) in [6.45, 7) is 2.84. The lowest BCUT2D eigenvalue weighted by molar-refractivity contribution is -0.0190. The number of rotatable bonds is 5. The fourth-order valence-electron chi connectivity index (χ4n) is 3.79. The van der Waals surface area contributed by atoms with Gasteiger partial charge in [-0.2, -0.15) is 5.10 Å². The van der Waals surface area contributed by atoms with E-state index in [1.54, 1.807) is 11.3 Å². The smallest absolute Gasteiger partial charge is 0.213 e. The molecule has 3 aromatic rings. The van der Waals surface area contributed by atoms with Crippen molar-refractivity contribution in [1.82, 2.24) is 5.01 Å². The van der Waals surface area contributed by atoms with Gasteiger partial charge < -0.3 is 9.47 Å². The highest BCUT2D eigenvalue weighted by molar-refractivity contribution is 7.12. The second-order valence-electron chi connectivity index (χ2n) is 7.05. The normalized spacial score (nSPS) is 20.2. The number of thiophene rings is 1. The number of para-hydroxylation sites is 1. The van der Waals surface area contributed by atoms with Crippen molar-refractivity contribution in [3.05, 3.63) is 82.0 Å². The molecule has 0 aliphatic carbocycles. The molecule has 0 spiro atoms. The van der Waals surface area contributed by atoms with Crippen LogP contribution < -0.4 is 9.47 Å². The van der Waals surface area contributed by atoms with Crippen LogP contribution >= 0.6 is 11.3 Å². The molecule has 2 atom stereocenters. The average Bonchev–Trinajstić information content (AvgIpc) is 3.42. The van der Waals surface area contributed by atoms with Crippen molar-refractivity contribution in [2.75, 3.05) is 6.61 Å². The van der Waals surface area contributed by atoms with Gasteiger partial charge >= 0.3 is 0 Å². The third kappa shape index (κ3) is 3.06. The standard InChI is InChI=1S/C23H22N2O2S/c1-2-13-26-17-11-9-16(10-12-17)23-25-20(18-6-3-4-7-21(18)27-23)15-19(24-25)22-8-5-14-28-22/h3-12,14,20,23H,2,13,15H2,1H3/t20-,23-/m0/s1. The van der Waals surface area contributed by atoms with Crippen molar-refractivity contribution < 1.29 is 9.47 Å². The highest BCUT2D eigenvalue weighted by Crippen LogP contribution is 2.47. The summed E-state index contributed by atoms with van der Waals surface area (Å²) in [6.07, 6.45) is 1.66. The van der Waals surface area contributed by atoms with E-state index in [1.165, 1.54) is 10.4 Å². The summed E-state index contributed by atoms with van der Waals surface area (Å²) in [5, 5.41) is 9.21. The van der Waals surface area contributed by atoms with E-state index in [4.69, 9.17) is 14.6 Å². The Kier molecular flexibility index (Phi) is 4.53. The van der Waals surface area contributed by atoms with E-state index in [2.05, 4.69) is 59.8 Å². The minimum Gasteiger partial charge on any atom is -0.494 e. The van der Waals surface area contributed by atoms with Gasteiger partial charge in [0.2, 0.25) is 6.23 Å². The van der Waals surface area contributed by atoms with Gasteiger partial charge in [0.05, 0.1) is 23.2 Å². The van der Waals surface area contributed by atoms with Crippen LogP contribution in [0.2, 0.25) is 0 Å². The van der Waals surface area contributed by atoms with E-state index in [9.17, 15) is 0 Å². The van der Waals surface area contributed by atoms with Crippen LogP contribution in [0, 0.1) is 0 Å². The molecule has 0 fully saturated rings. The van der Waals surface area contributed by atoms with Gasteiger partial charge in [-0.1, -0.05) is 31.2 Å². The van der Waals surface area contributed by atoms with E-state index in [-0.39, 0.29) is 12.3 Å². The lowest BCUT2D eigenvalue weighted by Gasteiger charge is -2.38. The van der Waals surface area contributed by atoms with Gasteiger partial charge in [0.25, 0.3) is 0 Å². The number of fused-ring (bicyclic) bond motifs is 3. The Morgan fingerprint density at radius 3 is 2.75 bits per heavy atom. The molecule has 1 aromatic heterocycles. The van der Waals surface area contributed by atoms with Crippen LogP contribution in [-0.4, -0.2) is 17.3 Å². The molecule has 0 amide bonds. The van der Waals surface area contributed by atoms with Crippen molar-refractivity contribution in [3.63, 3.8) is 0 Å². The fourth-order valence-corrected chi connectivity index (χ4v) is 4.52. The summed E-state index contributed by atoms with van der Waals surface area (Å²) in [7, 11) is 0. The Morgan fingerprint density at radius 1 is 1.11 bits per heavy atom. The monoisotopic (exact) mass is 390 g/mol. The van der Waals surface area contributed by atoms with E-state index in [1.807, 2.05) is 18.2 Å². The zero-order chi connectivity index (χ0) is 18.9. The number of ether oxygens (including phenoxy) is 2. The molecule has 2 aliphatic heterocycles. The maximum absolute atomic E-state index is 6.40. The van der Waals surface area contributed by atoms with Crippen LogP contribution in [0.5, 0.6) is 11.5 Å². The second-order valence-corrected chi connectivity index (χ2v) is 8.00. The molecule has 0 N–H and O–H groups in total. The lowest BCUT2D eigenvalue weighted by Crippen LogP contribution is -2.33. The average molecular weight is 391 g/mol. The molecule has 0 unspecified atom stereocenters. The Labute approximate surface area is 169 Å². The predicted molar refractivity (Wildman–Crippen MR) is 112 cm³/mol. The first-order valence-corrected chi connectivity index (χ1v) is 10.6. The third-order valence-electron chi connectivity index (χ3n) is 5.14. The highest BCUT2D eigenvalue weighted by Gasteiger charge is 2.40. The third-order valence-corrected chi connectivity index (χ3v) is 6.06. The Morgan fingerprint density at radius 2 is 1.96 bits per heavy atom. The lowest BCUT2D eigenvalue weighted by atomic mass is 9.98. The zero-order valence-electron chi connectivity index (χ0n) is 15.7. The summed E-state index contributed by atoms with van der Waals surface area (Å²) in [5.41, 5.74) is 3.42. The summed E-state index contributed by atoms with van der Waals surface area (Å²) in [4.78, 5) is 1.23. The first-order valence-electron chi connectivity index (χ1n) is 9.71. The van der Waals surface area contributed by atoms with Gasteiger partial charge in [-0.15, -0.1) is 11.3 Å². The van der Waals surface area contributed by atoms with Crippen molar-refractivity contribution in [2.24, 2.45) is 5.10 Å². The van der Waals surface area contributed by atoms with E-state index >= 15 is 0 Å². The van der Waals surface area contributed by atoms with Crippen molar-refractivity contribution >= 4 is 17.0 Å². The molecule has 28 heavy (non-hydrogen) atoms. The Hall–Kier alpha value is -2.79. The van der Waals surface area contributed by atoms with Crippen LogP contribution in [0.3, 0.4) is 0 Å². The van der Waals surface area contributed by atoms with E-state index in [0.717, 1.165) is 42.2 Å². The van der Waals surface area contributed by atoms with Crippen LogP contribution in [0.4, 0.5) is 0 Å². The number of benzene rings is 2. The van der Waals surface area contributed by atoms with Gasteiger partial charge in [-0.05, 0) is 48.2 Å². The molecule has 0 saturated carbocycles. The number of hydrogen-bond donors (Lipinski definition) is 0. The highest BCUT2D eigenvalue weighted by atomic mass is 32.1. The fraction of sp³-hybridized carbons (Fsp3) is 0.261. The second kappa shape index (κ2) is 7.32. The number of hydrogen-bond acceptors (Lipinski definition) is 5. The maximum atomic E-state index is 6.40. The van der Waals surface area contributed by atoms with Gasteiger partial charge in [0, 0.05) is 17.5 Å². The minimum atomic E-state index is -0.238. The summed E-state index contributed by atoms with van der Waals surface area (Å²) in [6, 6.07) is 20.9. The Bertz CT molecular complexity index is 982. The molecule has 0 bridgehead atoms. The molecule has 0 radical (unpaired) electrons. The van der Waals surface area contributed by atoms with Crippen LogP contribution in [0.15, 0.2) is 71.1 Å². The first kappa shape index (κ1) is 17.3. The minimum absolute atomic E-state index is 0.197. The predicted octanol–water partition coefficient (Wildman–Crippen LogP) is 5.78. The summed E-state index contributed by atoms with van der Waals surface area (Å²) < 4.78 is 12.1. The van der Waals surface area contributed by atoms with Gasteiger partial charge in [-0.25, -0.2) is 5.01 Å². The van der Waals surface area contributed by atoms with Gasteiger partial charge in [-0.3, -0.25) is 0 Å². The molecular formula is C23H22N2O2S. The van der Waals surface area contributed by atoms with Crippen molar-refractivity contribution in [3.8, 4) is 11.5 Å². The Balaban J connectivity index is 1.50. The topological polar surface area (TPSA) is 34.1 Å². The van der Waals surface area contributed by atoms with Crippen LogP contribution in [0.25, 0.3) is 0 Å². The summed E-state index contributed by atoms with van der Waals surface area (Å²) >= 11 is 1.74. The molecule has 5 rings (SSSR count). The quantitative estimate of drug-likeness (QED) is 0.554. The molecular weight excluding hydrogens is 368 g/mol. The molecule has 2 aliphatic rings. The summed E-state index contributed by atoms with van der Waals surface area (Å²) in [5.74, 6) is 1.84. The van der Waals surface area contributed by atoms with Crippen molar-refractivity contribution in [1.29, 1.82) is 0 Å². The van der Waals surface area contributed by atoms with Gasteiger partial charge in [0.15, 0.2) is 0 Å². The molecule has 2 aromatic carbocycles. The van der Waals surface area contributed by atoms with E-state index in [0.29, 0.717) is 0 Å². The van der Waals surface area contributed by atoms with E-state index < -0.39 is 0 Å². The zero-order valence-corrected chi connectivity index (χ0v) is 16.6. The maximum Gasteiger partial charge on any atom is 0.213 e. The largest absolute Gasteiger partial charge is 0.494 e. The molecule has 4 nitrogen and oxygen atoms in total. The van der Waals surface area contributed by atoms with Crippen molar-refractivity contribution in [2.45, 2.75) is 32.0 Å². The number of nitrogens with zero attached hydrogens (tertiary/aromatic N) is 2. The molecule has 3 heterocycles. The number of hydrazone groups is 1. The van der Waals surface area contributed by atoms with Gasteiger partial charge in [0.1, 0.15) is 11.5 Å². The molecule has 142 valence electrons. The van der Waals surface area contributed by atoms with Crippen LogP contribution in [-0.2, 0) is 0 Å². The first-order chi connectivity index (χ1) is 13.8. The molecule has 0 saturated heterocycles.